The normalized spacial score (nSPS) is 17.2. The SMILES string of the molecule is C[C@H]1Cc2ccccc2N1C(=O)CSc1n[nH]c(N)n1. The van der Waals surface area contributed by atoms with Gasteiger partial charge in [0.25, 0.3) is 0 Å². The zero-order valence-corrected chi connectivity index (χ0v) is 11.9. The summed E-state index contributed by atoms with van der Waals surface area (Å²) in [5.74, 6) is 0.631. The van der Waals surface area contributed by atoms with Gasteiger partial charge in [0.1, 0.15) is 0 Å². The molecule has 0 fully saturated rings. The van der Waals surface area contributed by atoms with Gasteiger partial charge in [-0.25, -0.2) is 5.10 Å². The number of anilines is 2. The number of para-hydroxylation sites is 1. The average molecular weight is 289 g/mol. The molecule has 3 N–H and O–H groups in total. The molecular weight excluding hydrogens is 274 g/mol. The van der Waals surface area contributed by atoms with Crippen LogP contribution in [0.4, 0.5) is 11.6 Å². The van der Waals surface area contributed by atoms with Gasteiger partial charge in [-0.05, 0) is 25.0 Å². The predicted molar refractivity (Wildman–Crippen MR) is 78.6 cm³/mol. The fourth-order valence-corrected chi connectivity index (χ4v) is 3.13. The van der Waals surface area contributed by atoms with Crippen LogP contribution in [0.3, 0.4) is 0 Å². The number of amides is 1. The third-order valence-corrected chi connectivity index (χ3v) is 4.11. The van der Waals surface area contributed by atoms with Crippen LogP contribution in [-0.4, -0.2) is 32.9 Å². The number of nitrogens with one attached hydrogen (secondary N) is 1. The van der Waals surface area contributed by atoms with Gasteiger partial charge in [-0.3, -0.25) is 4.79 Å². The minimum atomic E-state index is 0.0656. The zero-order chi connectivity index (χ0) is 14.1. The maximum Gasteiger partial charge on any atom is 0.237 e. The van der Waals surface area contributed by atoms with E-state index in [1.54, 1.807) is 0 Å². The van der Waals surface area contributed by atoms with E-state index in [9.17, 15) is 4.79 Å². The van der Waals surface area contributed by atoms with Crippen LogP contribution < -0.4 is 10.6 Å². The first-order valence-electron chi connectivity index (χ1n) is 6.36. The van der Waals surface area contributed by atoms with E-state index >= 15 is 0 Å². The van der Waals surface area contributed by atoms with Crippen molar-refractivity contribution in [2.24, 2.45) is 0 Å². The number of carbonyl (C=O) groups excluding carboxylic acids is 1. The molecular formula is C13H15N5OS. The lowest BCUT2D eigenvalue weighted by molar-refractivity contribution is -0.116. The lowest BCUT2D eigenvalue weighted by Gasteiger charge is -2.22. The van der Waals surface area contributed by atoms with Crippen LogP contribution in [0.5, 0.6) is 0 Å². The maximum atomic E-state index is 12.4. The van der Waals surface area contributed by atoms with E-state index in [4.69, 9.17) is 5.73 Å². The lowest BCUT2D eigenvalue weighted by Crippen LogP contribution is -2.37. The summed E-state index contributed by atoms with van der Waals surface area (Å²) in [5, 5.41) is 6.96. The molecule has 1 aliphatic rings. The number of hydrogen-bond donors (Lipinski definition) is 2. The number of nitrogens with two attached hydrogens (primary N) is 1. The molecule has 1 amide bonds. The zero-order valence-electron chi connectivity index (χ0n) is 11.0. The quantitative estimate of drug-likeness (QED) is 0.835. The Bertz CT molecular complexity index is 641. The number of fused-ring (bicyclic) bond motifs is 1. The van der Waals surface area contributed by atoms with Crippen molar-refractivity contribution in [3.8, 4) is 0 Å². The van der Waals surface area contributed by atoms with E-state index in [-0.39, 0.29) is 17.9 Å². The van der Waals surface area contributed by atoms with Crippen LogP contribution in [0.2, 0.25) is 0 Å². The van der Waals surface area contributed by atoms with Crippen molar-refractivity contribution < 1.29 is 4.79 Å². The molecule has 1 aromatic carbocycles. The van der Waals surface area contributed by atoms with E-state index in [1.807, 2.05) is 23.1 Å². The molecule has 20 heavy (non-hydrogen) atoms. The number of aromatic amines is 1. The van der Waals surface area contributed by atoms with Crippen molar-refractivity contribution in [2.45, 2.75) is 24.5 Å². The molecule has 0 saturated heterocycles. The van der Waals surface area contributed by atoms with Crippen LogP contribution >= 0.6 is 11.8 Å². The van der Waals surface area contributed by atoms with Crippen molar-refractivity contribution in [3.63, 3.8) is 0 Å². The molecule has 6 nitrogen and oxygen atoms in total. The van der Waals surface area contributed by atoms with Crippen LogP contribution in [0.15, 0.2) is 29.4 Å². The Morgan fingerprint density at radius 1 is 1.55 bits per heavy atom. The molecule has 0 radical (unpaired) electrons. The van der Waals surface area contributed by atoms with Gasteiger partial charge in [-0.15, -0.1) is 5.10 Å². The highest BCUT2D eigenvalue weighted by Crippen LogP contribution is 2.32. The minimum Gasteiger partial charge on any atom is -0.368 e. The Morgan fingerprint density at radius 3 is 3.10 bits per heavy atom. The molecule has 1 aliphatic heterocycles. The van der Waals surface area contributed by atoms with Crippen molar-refractivity contribution in [1.82, 2.24) is 15.2 Å². The first-order valence-corrected chi connectivity index (χ1v) is 7.34. The largest absolute Gasteiger partial charge is 0.368 e. The molecule has 0 saturated carbocycles. The van der Waals surface area contributed by atoms with E-state index < -0.39 is 0 Å². The van der Waals surface area contributed by atoms with Gasteiger partial charge in [0.2, 0.25) is 17.0 Å². The molecule has 0 unspecified atom stereocenters. The highest BCUT2D eigenvalue weighted by atomic mass is 32.2. The second kappa shape index (κ2) is 5.16. The molecule has 3 rings (SSSR count). The monoisotopic (exact) mass is 289 g/mol. The van der Waals surface area contributed by atoms with Gasteiger partial charge in [0, 0.05) is 11.7 Å². The highest BCUT2D eigenvalue weighted by molar-refractivity contribution is 7.99. The number of H-pyrrole nitrogens is 1. The fraction of sp³-hybridized carbons (Fsp3) is 0.308. The Kier molecular flexibility index (Phi) is 3.35. The summed E-state index contributed by atoms with van der Waals surface area (Å²) in [7, 11) is 0. The molecule has 1 atom stereocenters. The van der Waals surface area contributed by atoms with Crippen LogP contribution in [-0.2, 0) is 11.2 Å². The smallest absolute Gasteiger partial charge is 0.237 e. The third kappa shape index (κ3) is 2.36. The van der Waals surface area contributed by atoms with Gasteiger partial charge in [0.05, 0.1) is 5.75 Å². The predicted octanol–water partition coefficient (Wildman–Crippen LogP) is 1.46. The van der Waals surface area contributed by atoms with E-state index in [0.717, 1.165) is 12.1 Å². The number of carbonyl (C=O) groups is 1. The molecule has 0 bridgehead atoms. The lowest BCUT2D eigenvalue weighted by atomic mass is 10.1. The molecule has 7 heteroatoms. The van der Waals surface area contributed by atoms with Gasteiger partial charge < -0.3 is 10.6 Å². The summed E-state index contributed by atoms with van der Waals surface area (Å²) in [6, 6.07) is 8.22. The molecule has 104 valence electrons. The topological polar surface area (TPSA) is 87.9 Å². The third-order valence-electron chi connectivity index (χ3n) is 3.28. The number of benzene rings is 1. The van der Waals surface area contributed by atoms with Crippen molar-refractivity contribution >= 4 is 29.3 Å². The summed E-state index contributed by atoms with van der Waals surface area (Å²) in [6.45, 7) is 2.06. The first kappa shape index (κ1) is 13.0. The highest BCUT2D eigenvalue weighted by Gasteiger charge is 2.30. The summed E-state index contributed by atoms with van der Waals surface area (Å²) in [6.07, 6.45) is 0.903. The fourth-order valence-electron chi connectivity index (χ4n) is 2.46. The summed E-state index contributed by atoms with van der Waals surface area (Å²) < 4.78 is 0. The first-order chi connectivity index (χ1) is 9.65. The Labute approximate surface area is 120 Å². The van der Waals surface area contributed by atoms with Crippen LogP contribution in [0, 0.1) is 0 Å². The second-order valence-electron chi connectivity index (χ2n) is 4.74. The van der Waals surface area contributed by atoms with Gasteiger partial charge >= 0.3 is 0 Å². The van der Waals surface area contributed by atoms with E-state index in [2.05, 4.69) is 28.2 Å². The standard InChI is InChI=1S/C13H15N5OS/c1-8-6-9-4-2-3-5-10(9)18(8)11(19)7-20-13-15-12(14)16-17-13/h2-5,8H,6-7H2,1H3,(H3,14,15,16,17)/t8-/m0/s1. The van der Waals surface area contributed by atoms with E-state index in [0.29, 0.717) is 10.9 Å². The van der Waals surface area contributed by atoms with Crippen LogP contribution in [0.25, 0.3) is 0 Å². The number of thioether (sulfide) groups is 1. The Balaban J connectivity index is 1.71. The number of nitrogen functional groups attached to an aromatic ring is 1. The van der Waals surface area contributed by atoms with E-state index in [1.165, 1.54) is 17.3 Å². The number of hydrogen-bond acceptors (Lipinski definition) is 5. The van der Waals surface area contributed by atoms with Crippen LogP contribution in [0.1, 0.15) is 12.5 Å². The number of rotatable bonds is 3. The average Bonchev–Trinajstić information content (AvgIpc) is 2.98. The molecule has 2 heterocycles. The van der Waals surface area contributed by atoms with Gasteiger partial charge in [-0.2, -0.15) is 4.98 Å². The summed E-state index contributed by atoms with van der Waals surface area (Å²) in [4.78, 5) is 18.2. The summed E-state index contributed by atoms with van der Waals surface area (Å²) in [5.41, 5.74) is 7.69. The molecule has 0 aliphatic carbocycles. The van der Waals surface area contributed by atoms with Crippen molar-refractivity contribution in [1.29, 1.82) is 0 Å². The summed E-state index contributed by atoms with van der Waals surface area (Å²) >= 11 is 1.29. The molecule has 1 aromatic heterocycles. The van der Waals surface area contributed by atoms with Crippen molar-refractivity contribution in [3.05, 3.63) is 29.8 Å². The van der Waals surface area contributed by atoms with Crippen molar-refractivity contribution in [2.75, 3.05) is 16.4 Å². The number of aromatic nitrogens is 3. The van der Waals surface area contributed by atoms with Gasteiger partial charge in [-0.1, -0.05) is 30.0 Å². The Morgan fingerprint density at radius 2 is 2.35 bits per heavy atom. The molecule has 2 aromatic rings. The molecule has 0 spiro atoms. The Hall–Kier alpha value is -2.02. The minimum absolute atomic E-state index is 0.0656. The second-order valence-corrected chi connectivity index (χ2v) is 5.68. The maximum absolute atomic E-state index is 12.4. The van der Waals surface area contributed by atoms with Gasteiger partial charge in [0.15, 0.2) is 0 Å². The number of nitrogens with zero attached hydrogens (tertiary/aromatic N) is 3.